The summed E-state index contributed by atoms with van der Waals surface area (Å²) in [7, 11) is 0. The van der Waals surface area contributed by atoms with Gasteiger partial charge in [-0.05, 0) is 41.5 Å². The van der Waals surface area contributed by atoms with E-state index in [4.69, 9.17) is 39.5 Å². The molecule has 0 spiro atoms. The van der Waals surface area contributed by atoms with E-state index in [-0.39, 0.29) is 12.3 Å². The normalized spacial score (nSPS) is 10.9. The molecule has 0 aliphatic heterocycles. The van der Waals surface area contributed by atoms with Crippen LogP contribution in [-0.2, 0) is 6.61 Å². The molecule has 0 amide bonds. The van der Waals surface area contributed by atoms with Crippen LogP contribution in [0.2, 0.25) is 15.1 Å². The zero-order chi connectivity index (χ0) is 20.8. The standard InChI is InChI=1S/C19H13Cl3N4O3/c20-14-3-1-12(2-4-14)11-29-19-16(21)7-13(8-17(19)22)9-24-25-18-6-5-15(10-23-18)26(27)28/h1-10H,11H2,(H,23,25)/b24-9+. The fourth-order valence-corrected chi connectivity index (χ4v) is 3.00. The van der Waals surface area contributed by atoms with Crippen LogP contribution in [0.15, 0.2) is 59.8 Å². The smallest absolute Gasteiger partial charge is 0.287 e. The van der Waals surface area contributed by atoms with Gasteiger partial charge in [-0.25, -0.2) is 4.98 Å². The average molecular weight is 452 g/mol. The Kier molecular flexibility index (Phi) is 6.87. The van der Waals surface area contributed by atoms with Crippen molar-refractivity contribution in [2.75, 3.05) is 5.43 Å². The molecular weight excluding hydrogens is 439 g/mol. The van der Waals surface area contributed by atoms with E-state index in [1.54, 1.807) is 24.3 Å². The van der Waals surface area contributed by atoms with E-state index in [2.05, 4.69) is 15.5 Å². The van der Waals surface area contributed by atoms with Gasteiger partial charge in [-0.3, -0.25) is 15.5 Å². The van der Waals surface area contributed by atoms with Crippen molar-refractivity contribution >= 4 is 52.5 Å². The molecule has 3 aromatic rings. The van der Waals surface area contributed by atoms with Gasteiger partial charge in [0.2, 0.25) is 0 Å². The number of nitrogens with one attached hydrogen (secondary N) is 1. The second-order valence-electron chi connectivity index (χ2n) is 5.76. The van der Waals surface area contributed by atoms with Gasteiger partial charge in [0, 0.05) is 11.1 Å². The van der Waals surface area contributed by atoms with Gasteiger partial charge in [0.05, 0.1) is 21.2 Å². The van der Waals surface area contributed by atoms with Crippen LogP contribution >= 0.6 is 34.8 Å². The SMILES string of the molecule is O=[N+]([O-])c1ccc(N/N=C/c2cc(Cl)c(OCc3ccc(Cl)cc3)c(Cl)c2)nc1. The quantitative estimate of drug-likeness (QED) is 0.271. The predicted molar refractivity (Wildman–Crippen MR) is 114 cm³/mol. The molecule has 0 radical (unpaired) electrons. The van der Waals surface area contributed by atoms with Crippen LogP contribution in [0.3, 0.4) is 0 Å². The van der Waals surface area contributed by atoms with E-state index >= 15 is 0 Å². The van der Waals surface area contributed by atoms with Gasteiger partial charge in [0.15, 0.2) is 5.75 Å². The fraction of sp³-hybridized carbons (Fsp3) is 0.0526. The van der Waals surface area contributed by atoms with Crippen molar-refractivity contribution in [3.63, 3.8) is 0 Å². The Morgan fingerprint density at radius 2 is 1.79 bits per heavy atom. The summed E-state index contributed by atoms with van der Waals surface area (Å²) in [5.74, 6) is 0.720. The Balaban J connectivity index is 1.64. The highest BCUT2D eigenvalue weighted by molar-refractivity contribution is 6.37. The van der Waals surface area contributed by atoms with E-state index in [9.17, 15) is 10.1 Å². The molecule has 0 fully saturated rings. The third-order valence-corrected chi connectivity index (χ3v) is 4.48. The van der Waals surface area contributed by atoms with Gasteiger partial charge < -0.3 is 4.74 Å². The molecule has 0 aliphatic rings. The van der Waals surface area contributed by atoms with Gasteiger partial charge in [0.25, 0.3) is 5.69 Å². The zero-order valence-electron chi connectivity index (χ0n) is 14.7. The topological polar surface area (TPSA) is 89.7 Å². The fourth-order valence-electron chi connectivity index (χ4n) is 2.26. The van der Waals surface area contributed by atoms with E-state index in [1.165, 1.54) is 18.3 Å². The Hall–Kier alpha value is -2.87. The van der Waals surface area contributed by atoms with Crippen LogP contribution in [0.25, 0.3) is 0 Å². The number of nitro groups is 1. The van der Waals surface area contributed by atoms with Crippen molar-refractivity contribution < 1.29 is 9.66 Å². The summed E-state index contributed by atoms with van der Waals surface area (Å²) in [6, 6.07) is 13.3. The van der Waals surface area contributed by atoms with Gasteiger partial charge in [-0.15, -0.1) is 0 Å². The summed E-state index contributed by atoms with van der Waals surface area (Å²) in [5, 5.41) is 16.0. The largest absolute Gasteiger partial charge is 0.486 e. The van der Waals surface area contributed by atoms with E-state index in [0.717, 1.165) is 11.8 Å². The van der Waals surface area contributed by atoms with Crippen LogP contribution in [0, 0.1) is 10.1 Å². The van der Waals surface area contributed by atoms with Gasteiger partial charge in [-0.2, -0.15) is 5.10 Å². The minimum atomic E-state index is -0.527. The average Bonchev–Trinajstić information content (AvgIpc) is 2.69. The minimum Gasteiger partial charge on any atom is -0.486 e. The molecule has 7 nitrogen and oxygen atoms in total. The molecule has 1 N–H and O–H groups in total. The number of ether oxygens (including phenoxy) is 1. The van der Waals surface area contributed by atoms with Crippen molar-refractivity contribution in [3.8, 4) is 5.75 Å². The zero-order valence-corrected chi connectivity index (χ0v) is 16.9. The second kappa shape index (κ2) is 9.56. The first-order valence-electron chi connectivity index (χ1n) is 8.18. The van der Waals surface area contributed by atoms with Crippen molar-refractivity contribution in [1.29, 1.82) is 0 Å². The lowest BCUT2D eigenvalue weighted by Gasteiger charge is -2.11. The molecule has 1 heterocycles. The molecule has 10 heteroatoms. The van der Waals surface area contributed by atoms with E-state index in [1.807, 2.05) is 12.1 Å². The lowest BCUT2D eigenvalue weighted by molar-refractivity contribution is -0.385. The molecule has 0 unspecified atom stereocenters. The molecule has 0 aliphatic carbocycles. The summed E-state index contributed by atoms with van der Waals surface area (Å²) in [4.78, 5) is 14.0. The second-order valence-corrected chi connectivity index (χ2v) is 7.01. The first-order valence-corrected chi connectivity index (χ1v) is 9.31. The summed E-state index contributed by atoms with van der Waals surface area (Å²) in [6.45, 7) is 0.289. The number of hydrazone groups is 1. The number of halogens is 3. The number of pyridine rings is 1. The maximum Gasteiger partial charge on any atom is 0.287 e. The molecule has 0 saturated heterocycles. The van der Waals surface area contributed by atoms with Crippen molar-refractivity contribution in [1.82, 2.24) is 4.98 Å². The van der Waals surface area contributed by atoms with Crippen molar-refractivity contribution in [3.05, 3.63) is 91.0 Å². The molecule has 0 saturated carbocycles. The number of anilines is 1. The van der Waals surface area contributed by atoms with Crippen LogP contribution in [0.1, 0.15) is 11.1 Å². The maximum atomic E-state index is 10.6. The van der Waals surface area contributed by atoms with Crippen molar-refractivity contribution in [2.45, 2.75) is 6.61 Å². The van der Waals surface area contributed by atoms with Crippen molar-refractivity contribution in [2.24, 2.45) is 5.10 Å². The number of nitrogens with zero attached hydrogens (tertiary/aromatic N) is 3. The lowest BCUT2D eigenvalue weighted by atomic mass is 10.2. The summed E-state index contributed by atoms with van der Waals surface area (Å²) in [6.07, 6.45) is 2.63. The van der Waals surface area contributed by atoms with Crippen LogP contribution in [-0.4, -0.2) is 16.1 Å². The van der Waals surface area contributed by atoms with Gasteiger partial charge in [-0.1, -0.05) is 46.9 Å². The first kappa shape index (κ1) is 20.9. The van der Waals surface area contributed by atoms with E-state index in [0.29, 0.717) is 32.2 Å². The van der Waals surface area contributed by atoms with Gasteiger partial charge >= 0.3 is 0 Å². The third-order valence-electron chi connectivity index (χ3n) is 3.67. The molecule has 3 rings (SSSR count). The molecule has 1 aromatic heterocycles. The maximum absolute atomic E-state index is 10.6. The monoisotopic (exact) mass is 450 g/mol. The highest BCUT2D eigenvalue weighted by Crippen LogP contribution is 2.34. The third kappa shape index (κ3) is 5.80. The van der Waals surface area contributed by atoms with E-state index < -0.39 is 4.92 Å². The predicted octanol–water partition coefficient (Wildman–Crippen LogP) is 5.98. The first-order chi connectivity index (χ1) is 13.9. The van der Waals surface area contributed by atoms with Crippen LogP contribution in [0.4, 0.5) is 11.5 Å². The Morgan fingerprint density at radius 1 is 1.10 bits per heavy atom. The molecule has 0 bridgehead atoms. The van der Waals surface area contributed by atoms with Crippen LogP contribution < -0.4 is 10.2 Å². The number of hydrogen-bond acceptors (Lipinski definition) is 6. The molecule has 29 heavy (non-hydrogen) atoms. The summed E-state index contributed by atoms with van der Waals surface area (Å²) >= 11 is 18.4. The molecule has 2 aromatic carbocycles. The molecular formula is C19H13Cl3N4O3. The Morgan fingerprint density at radius 3 is 2.38 bits per heavy atom. The van der Waals surface area contributed by atoms with Gasteiger partial charge in [0.1, 0.15) is 18.6 Å². The number of hydrogen-bond donors (Lipinski definition) is 1. The minimum absolute atomic E-state index is 0.104. The number of benzene rings is 2. The summed E-state index contributed by atoms with van der Waals surface area (Å²) < 4.78 is 5.72. The highest BCUT2D eigenvalue weighted by atomic mass is 35.5. The Labute approximate surface area is 181 Å². The lowest BCUT2D eigenvalue weighted by Crippen LogP contribution is -1.98. The highest BCUT2D eigenvalue weighted by Gasteiger charge is 2.10. The van der Waals surface area contributed by atoms with Crippen LogP contribution in [0.5, 0.6) is 5.75 Å². The number of rotatable bonds is 7. The molecule has 148 valence electrons. The number of aromatic nitrogens is 1. The Bertz CT molecular complexity index is 1020. The summed E-state index contributed by atoms with van der Waals surface area (Å²) in [5.41, 5.74) is 4.12. The molecule has 0 atom stereocenters.